The Balaban J connectivity index is 1.22. The summed E-state index contributed by atoms with van der Waals surface area (Å²) >= 11 is 0. The van der Waals surface area contributed by atoms with Crippen LogP contribution in [0.1, 0.15) is 32.6 Å². The molecule has 42 heavy (non-hydrogen) atoms. The molecule has 2 aliphatic rings. The van der Waals surface area contributed by atoms with Gasteiger partial charge in [0.2, 0.25) is 18.0 Å². The highest BCUT2D eigenvalue weighted by atomic mass is 16.2. The highest BCUT2D eigenvalue weighted by molar-refractivity contribution is 6.06. The van der Waals surface area contributed by atoms with Gasteiger partial charge in [0.1, 0.15) is 0 Å². The monoisotopic (exact) mass is 557 g/mol. The Bertz CT molecular complexity index is 1660. The second-order valence-electron chi connectivity index (χ2n) is 10.7. The first-order valence-corrected chi connectivity index (χ1v) is 13.9. The molecule has 1 unspecified atom stereocenters. The lowest BCUT2D eigenvalue weighted by atomic mass is 10.0. The molecule has 3 amide bonds. The van der Waals surface area contributed by atoms with Crippen LogP contribution in [0.15, 0.2) is 102 Å². The van der Waals surface area contributed by atoms with Crippen molar-refractivity contribution in [1.29, 1.82) is 0 Å². The van der Waals surface area contributed by atoms with Crippen molar-refractivity contribution in [3.63, 3.8) is 0 Å². The Morgan fingerprint density at radius 2 is 1.55 bits per heavy atom. The molecule has 3 N–H and O–H groups in total. The topological polar surface area (TPSA) is 108 Å². The standard InChI is InChI=1S/C34H31N5O3/c1-38-29-18-25(23-11-13-24(14-12-23)31(35)40)15-16-26(29)19-36-32(34(38)42)37-33(41)30(17-22-7-3-2-4-8-22)39-20-27-9-5-6-10-28(27)21-39/h2-16,18-19,30,32H,17,20-21H2,1H3,(H2,35,40)(H,37,41)/t30-,32?/m1/s1. The Morgan fingerprint density at radius 3 is 2.21 bits per heavy atom. The van der Waals surface area contributed by atoms with Crippen LogP contribution in [0, 0.1) is 0 Å². The van der Waals surface area contributed by atoms with Crippen LogP contribution in [-0.2, 0) is 29.1 Å². The van der Waals surface area contributed by atoms with Gasteiger partial charge >= 0.3 is 0 Å². The molecule has 0 radical (unpaired) electrons. The molecule has 0 fully saturated rings. The number of primary amides is 1. The molecule has 210 valence electrons. The average molecular weight is 558 g/mol. The van der Waals surface area contributed by atoms with Crippen LogP contribution in [0.3, 0.4) is 0 Å². The molecule has 8 heteroatoms. The Labute approximate surface area is 244 Å². The highest BCUT2D eigenvalue weighted by Crippen LogP contribution is 2.30. The summed E-state index contributed by atoms with van der Waals surface area (Å²) in [5.74, 6) is -1.06. The third-order valence-electron chi connectivity index (χ3n) is 7.98. The number of likely N-dealkylation sites (N-methyl/N-ethyl adjacent to an activating group) is 1. The van der Waals surface area contributed by atoms with Gasteiger partial charge in [-0.1, -0.05) is 78.9 Å². The van der Waals surface area contributed by atoms with Crippen LogP contribution >= 0.6 is 0 Å². The second-order valence-corrected chi connectivity index (χ2v) is 10.7. The summed E-state index contributed by atoms with van der Waals surface area (Å²) in [6.07, 6.45) is 1.09. The molecule has 0 aromatic heterocycles. The number of carbonyl (C=O) groups excluding carboxylic acids is 3. The predicted molar refractivity (Wildman–Crippen MR) is 163 cm³/mol. The van der Waals surface area contributed by atoms with Crippen LogP contribution in [-0.4, -0.2) is 48.1 Å². The van der Waals surface area contributed by atoms with Gasteiger partial charge in [0.15, 0.2) is 0 Å². The smallest absolute Gasteiger partial charge is 0.272 e. The molecule has 4 aromatic rings. The molecular formula is C34H31N5O3. The Hall–Kier alpha value is -5.08. The minimum absolute atomic E-state index is 0.239. The zero-order valence-corrected chi connectivity index (χ0v) is 23.2. The lowest BCUT2D eigenvalue weighted by Crippen LogP contribution is -2.53. The van der Waals surface area contributed by atoms with Gasteiger partial charge < -0.3 is 16.0 Å². The van der Waals surface area contributed by atoms with Gasteiger partial charge in [0.05, 0.1) is 11.7 Å². The summed E-state index contributed by atoms with van der Waals surface area (Å²) in [7, 11) is 1.69. The van der Waals surface area contributed by atoms with Crippen LogP contribution < -0.4 is 16.0 Å². The molecule has 0 aliphatic carbocycles. The largest absolute Gasteiger partial charge is 0.366 e. The summed E-state index contributed by atoms with van der Waals surface area (Å²) in [6, 6.07) is 30.4. The number of anilines is 1. The first-order chi connectivity index (χ1) is 20.4. The van der Waals surface area contributed by atoms with E-state index in [0.29, 0.717) is 30.8 Å². The van der Waals surface area contributed by atoms with Crippen molar-refractivity contribution in [3.05, 3.63) is 125 Å². The molecule has 2 aliphatic heterocycles. The van der Waals surface area contributed by atoms with Crippen LogP contribution in [0.5, 0.6) is 0 Å². The number of nitrogens with two attached hydrogens (primary N) is 1. The SMILES string of the molecule is CN1C(=O)C(NC(=O)[C@@H](Cc2ccccc2)N2Cc3ccccc3C2)N=Cc2ccc(-c3ccc(C(N)=O)cc3)cc21. The van der Waals surface area contributed by atoms with E-state index in [9.17, 15) is 14.4 Å². The molecule has 2 heterocycles. The van der Waals surface area contributed by atoms with Crippen molar-refractivity contribution in [2.45, 2.75) is 31.7 Å². The second kappa shape index (κ2) is 11.4. The zero-order valence-electron chi connectivity index (χ0n) is 23.2. The quantitative estimate of drug-likeness (QED) is 0.359. The van der Waals surface area contributed by atoms with E-state index in [1.165, 1.54) is 16.0 Å². The van der Waals surface area contributed by atoms with E-state index < -0.39 is 18.1 Å². The lowest BCUT2D eigenvalue weighted by molar-refractivity contribution is -0.131. The van der Waals surface area contributed by atoms with Crippen molar-refractivity contribution in [3.8, 4) is 11.1 Å². The maximum Gasteiger partial charge on any atom is 0.272 e. The molecule has 0 spiro atoms. The summed E-state index contributed by atoms with van der Waals surface area (Å²) in [5.41, 5.74) is 12.5. The Morgan fingerprint density at radius 1 is 0.905 bits per heavy atom. The summed E-state index contributed by atoms with van der Waals surface area (Å²) < 4.78 is 0. The van der Waals surface area contributed by atoms with Crippen molar-refractivity contribution in [2.75, 3.05) is 11.9 Å². The van der Waals surface area contributed by atoms with E-state index in [2.05, 4.69) is 27.3 Å². The van der Waals surface area contributed by atoms with Gasteiger partial charge in [-0.25, -0.2) is 0 Å². The van der Waals surface area contributed by atoms with E-state index >= 15 is 0 Å². The van der Waals surface area contributed by atoms with Crippen LogP contribution in [0.25, 0.3) is 11.1 Å². The number of hydrogen-bond acceptors (Lipinski definition) is 5. The highest BCUT2D eigenvalue weighted by Gasteiger charge is 2.34. The van der Waals surface area contributed by atoms with Gasteiger partial charge in [0.25, 0.3) is 5.91 Å². The minimum atomic E-state index is -1.06. The molecule has 4 aromatic carbocycles. The normalized spacial score (nSPS) is 16.8. The van der Waals surface area contributed by atoms with E-state index in [0.717, 1.165) is 22.3 Å². The van der Waals surface area contributed by atoms with Gasteiger partial charge in [-0.15, -0.1) is 0 Å². The summed E-state index contributed by atoms with van der Waals surface area (Å²) in [4.78, 5) is 47.2. The minimum Gasteiger partial charge on any atom is -0.366 e. The van der Waals surface area contributed by atoms with Crippen LogP contribution in [0.4, 0.5) is 5.69 Å². The van der Waals surface area contributed by atoms with Crippen molar-refractivity contribution < 1.29 is 14.4 Å². The first kappa shape index (κ1) is 27.1. The number of carbonyl (C=O) groups is 3. The summed E-state index contributed by atoms with van der Waals surface area (Å²) in [6.45, 7) is 1.33. The van der Waals surface area contributed by atoms with E-state index in [1.807, 2.05) is 72.8 Å². The van der Waals surface area contributed by atoms with Gasteiger partial charge in [-0.2, -0.15) is 0 Å². The molecule has 2 atom stereocenters. The third-order valence-corrected chi connectivity index (χ3v) is 7.98. The molecule has 6 rings (SSSR count). The third kappa shape index (κ3) is 5.44. The fourth-order valence-electron chi connectivity index (χ4n) is 5.61. The fourth-order valence-corrected chi connectivity index (χ4v) is 5.61. The number of hydrogen-bond donors (Lipinski definition) is 2. The average Bonchev–Trinajstić information content (AvgIpc) is 3.41. The zero-order chi connectivity index (χ0) is 29.2. The maximum atomic E-state index is 13.9. The molecule has 0 saturated carbocycles. The van der Waals surface area contributed by atoms with E-state index in [4.69, 9.17) is 5.73 Å². The number of nitrogens with zero attached hydrogens (tertiary/aromatic N) is 3. The van der Waals surface area contributed by atoms with Crippen molar-refractivity contribution >= 4 is 29.6 Å². The van der Waals surface area contributed by atoms with Gasteiger partial charge in [0, 0.05) is 37.5 Å². The van der Waals surface area contributed by atoms with Crippen molar-refractivity contribution in [1.82, 2.24) is 10.2 Å². The van der Waals surface area contributed by atoms with Gasteiger partial charge in [-0.3, -0.25) is 24.3 Å². The molecular weight excluding hydrogens is 526 g/mol. The molecule has 0 bridgehead atoms. The van der Waals surface area contributed by atoms with Gasteiger partial charge in [-0.05, 0) is 52.4 Å². The number of fused-ring (bicyclic) bond motifs is 2. The Kier molecular flexibility index (Phi) is 7.37. The molecule has 0 saturated heterocycles. The predicted octanol–water partition coefficient (Wildman–Crippen LogP) is 3.92. The number of benzodiazepines with no additional fused rings is 1. The number of amides is 3. The van der Waals surface area contributed by atoms with E-state index in [1.54, 1.807) is 25.4 Å². The number of nitrogens with one attached hydrogen (secondary N) is 1. The number of aliphatic imine (C=N–C) groups is 1. The first-order valence-electron chi connectivity index (χ1n) is 13.9. The van der Waals surface area contributed by atoms with Crippen molar-refractivity contribution in [2.24, 2.45) is 10.7 Å². The van der Waals surface area contributed by atoms with E-state index in [-0.39, 0.29) is 11.8 Å². The number of benzene rings is 4. The lowest BCUT2D eigenvalue weighted by Gasteiger charge is -2.28. The maximum absolute atomic E-state index is 13.9. The fraction of sp³-hybridized carbons (Fsp3) is 0.176. The summed E-state index contributed by atoms with van der Waals surface area (Å²) in [5, 5.41) is 2.95. The molecule has 8 nitrogen and oxygen atoms in total. The van der Waals surface area contributed by atoms with Crippen LogP contribution in [0.2, 0.25) is 0 Å². The number of rotatable bonds is 7.